The van der Waals surface area contributed by atoms with Gasteiger partial charge in [0.1, 0.15) is 12.6 Å². The van der Waals surface area contributed by atoms with Gasteiger partial charge in [-0.25, -0.2) is 9.59 Å². The van der Waals surface area contributed by atoms with E-state index in [2.05, 4.69) is 12.2 Å². The highest BCUT2D eigenvalue weighted by molar-refractivity contribution is 5.81. The Morgan fingerprint density at radius 1 is 1.00 bits per heavy atom. The zero-order chi connectivity index (χ0) is 24.3. The second-order valence-electron chi connectivity index (χ2n) is 8.32. The highest BCUT2D eigenvalue weighted by atomic mass is 16.6. The zero-order valence-electron chi connectivity index (χ0n) is 20.3. The van der Waals surface area contributed by atoms with Crippen LogP contribution in [0.25, 0.3) is 0 Å². The SMILES string of the molecule is COc1cc(CCCOC(=O)C2CCCCN2C(=O)OCC2=CCCC=C2)cc(OC)c1OC. The Morgan fingerprint density at radius 3 is 2.41 bits per heavy atom. The summed E-state index contributed by atoms with van der Waals surface area (Å²) >= 11 is 0. The van der Waals surface area contributed by atoms with E-state index in [1.165, 1.54) is 4.90 Å². The monoisotopic (exact) mass is 473 g/mol. The molecule has 1 aliphatic carbocycles. The summed E-state index contributed by atoms with van der Waals surface area (Å²) in [6, 6.07) is 3.18. The predicted molar refractivity (Wildman–Crippen MR) is 128 cm³/mol. The van der Waals surface area contributed by atoms with E-state index in [9.17, 15) is 9.59 Å². The van der Waals surface area contributed by atoms with Crippen molar-refractivity contribution < 1.29 is 33.3 Å². The molecule has 3 rings (SSSR count). The molecular weight excluding hydrogens is 438 g/mol. The molecular formula is C26H35NO7. The number of rotatable bonds is 10. The highest BCUT2D eigenvalue weighted by Crippen LogP contribution is 2.38. The van der Waals surface area contributed by atoms with Crippen molar-refractivity contribution in [3.05, 3.63) is 41.5 Å². The van der Waals surface area contributed by atoms with Crippen molar-refractivity contribution in [2.24, 2.45) is 0 Å². The second kappa shape index (κ2) is 12.9. The third kappa shape index (κ3) is 6.68. The summed E-state index contributed by atoms with van der Waals surface area (Å²) < 4.78 is 27.1. The van der Waals surface area contributed by atoms with Gasteiger partial charge in [-0.15, -0.1) is 0 Å². The standard InChI is InChI=1S/C26H35NO7/c1-30-22-16-20(17-23(31-2)24(22)32-3)12-9-15-33-25(28)21-13-7-8-14-27(21)26(29)34-18-19-10-5-4-6-11-19/h5,10-11,16-17,21H,4,6-9,12-15,18H2,1-3H3. The molecule has 1 saturated heterocycles. The number of methoxy groups -OCH3 is 3. The second-order valence-corrected chi connectivity index (χ2v) is 8.32. The van der Waals surface area contributed by atoms with E-state index in [-0.39, 0.29) is 19.2 Å². The molecule has 0 aromatic heterocycles. The van der Waals surface area contributed by atoms with Gasteiger partial charge in [0.05, 0.1) is 27.9 Å². The van der Waals surface area contributed by atoms with E-state index >= 15 is 0 Å². The largest absolute Gasteiger partial charge is 0.493 e. The first-order valence-corrected chi connectivity index (χ1v) is 11.8. The van der Waals surface area contributed by atoms with Gasteiger partial charge < -0.3 is 23.7 Å². The number of hydrogen-bond donors (Lipinski definition) is 0. The van der Waals surface area contributed by atoms with Crippen LogP contribution >= 0.6 is 0 Å². The number of nitrogens with zero attached hydrogens (tertiary/aromatic N) is 1. The average Bonchev–Trinajstić information content (AvgIpc) is 2.89. The molecule has 34 heavy (non-hydrogen) atoms. The Morgan fingerprint density at radius 2 is 1.76 bits per heavy atom. The number of benzene rings is 1. The van der Waals surface area contributed by atoms with Crippen molar-refractivity contribution in [1.82, 2.24) is 4.90 Å². The smallest absolute Gasteiger partial charge is 0.410 e. The zero-order valence-corrected chi connectivity index (χ0v) is 20.3. The Hall–Kier alpha value is -3.16. The maximum atomic E-state index is 12.8. The molecule has 186 valence electrons. The number of piperidine rings is 1. The summed E-state index contributed by atoms with van der Waals surface area (Å²) in [6.07, 6.45) is 11.2. The third-order valence-corrected chi connectivity index (χ3v) is 6.02. The maximum Gasteiger partial charge on any atom is 0.410 e. The fraction of sp³-hybridized carbons (Fsp3) is 0.538. The van der Waals surface area contributed by atoms with Crippen LogP contribution in [0.3, 0.4) is 0 Å². The van der Waals surface area contributed by atoms with E-state index in [0.717, 1.165) is 36.8 Å². The van der Waals surface area contributed by atoms with Crippen molar-refractivity contribution in [2.75, 3.05) is 41.1 Å². The quantitative estimate of drug-likeness (QED) is 0.367. The first-order valence-electron chi connectivity index (χ1n) is 11.8. The highest BCUT2D eigenvalue weighted by Gasteiger charge is 2.34. The van der Waals surface area contributed by atoms with Crippen LogP contribution in [0.2, 0.25) is 0 Å². The number of carbonyl (C=O) groups is 2. The molecule has 0 radical (unpaired) electrons. The molecule has 0 spiro atoms. The van der Waals surface area contributed by atoms with E-state index in [4.69, 9.17) is 23.7 Å². The van der Waals surface area contributed by atoms with Crippen molar-refractivity contribution in [2.45, 2.75) is 51.0 Å². The van der Waals surface area contributed by atoms with Crippen LogP contribution < -0.4 is 14.2 Å². The predicted octanol–water partition coefficient (Wildman–Crippen LogP) is 4.46. The molecule has 1 heterocycles. The number of hydrogen-bond acceptors (Lipinski definition) is 7. The van der Waals surface area contributed by atoms with Crippen molar-refractivity contribution in [3.63, 3.8) is 0 Å². The molecule has 8 nitrogen and oxygen atoms in total. The third-order valence-electron chi connectivity index (χ3n) is 6.02. The summed E-state index contributed by atoms with van der Waals surface area (Å²) in [5, 5.41) is 0. The van der Waals surface area contributed by atoms with Crippen LogP contribution in [-0.2, 0) is 20.7 Å². The van der Waals surface area contributed by atoms with Gasteiger partial charge in [0.2, 0.25) is 5.75 Å². The van der Waals surface area contributed by atoms with Crippen LogP contribution in [-0.4, -0.2) is 64.1 Å². The number of likely N-dealkylation sites (tertiary alicyclic amines) is 1. The van der Waals surface area contributed by atoms with Gasteiger partial charge in [-0.2, -0.15) is 0 Å². The number of ether oxygens (including phenoxy) is 5. The van der Waals surface area contributed by atoms with Crippen LogP contribution in [0.4, 0.5) is 4.79 Å². The topological polar surface area (TPSA) is 83.5 Å². The number of amides is 1. The molecule has 8 heteroatoms. The van der Waals surface area contributed by atoms with Gasteiger partial charge in [0, 0.05) is 6.54 Å². The van der Waals surface area contributed by atoms with Crippen LogP contribution in [0, 0.1) is 0 Å². The lowest BCUT2D eigenvalue weighted by Gasteiger charge is -2.33. The summed E-state index contributed by atoms with van der Waals surface area (Å²) in [6.45, 7) is 0.980. The molecule has 2 aliphatic rings. The first-order chi connectivity index (χ1) is 16.6. The Labute approximate surface area is 201 Å². The first kappa shape index (κ1) is 25.5. The van der Waals surface area contributed by atoms with Crippen molar-refractivity contribution >= 4 is 12.1 Å². The molecule has 1 atom stereocenters. The average molecular weight is 474 g/mol. The summed E-state index contributed by atoms with van der Waals surface area (Å²) in [4.78, 5) is 26.9. The maximum absolute atomic E-state index is 12.8. The van der Waals surface area contributed by atoms with E-state index in [1.807, 2.05) is 18.2 Å². The summed E-state index contributed by atoms with van der Waals surface area (Å²) in [5.74, 6) is 1.34. The minimum atomic E-state index is -0.599. The van der Waals surface area contributed by atoms with E-state index < -0.39 is 12.1 Å². The minimum absolute atomic E-state index is 0.225. The molecule has 0 N–H and O–H groups in total. The molecule has 0 bridgehead atoms. The fourth-order valence-electron chi connectivity index (χ4n) is 4.22. The van der Waals surface area contributed by atoms with Crippen molar-refractivity contribution in [3.8, 4) is 17.2 Å². The molecule has 0 saturated carbocycles. The van der Waals surface area contributed by atoms with Gasteiger partial charge >= 0.3 is 12.1 Å². The fourth-order valence-corrected chi connectivity index (χ4v) is 4.22. The lowest BCUT2D eigenvalue weighted by molar-refractivity contribution is -0.150. The van der Waals surface area contributed by atoms with Crippen LogP contribution in [0.1, 0.15) is 44.1 Å². The molecule has 1 fully saturated rings. The van der Waals surface area contributed by atoms with E-state index in [1.54, 1.807) is 21.3 Å². The number of allylic oxidation sites excluding steroid dienone is 2. The normalized spacial score (nSPS) is 17.6. The molecule has 1 aliphatic heterocycles. The van der Waals surface area contributed by atoms with Gasteiger partial charge in [0.15, 0.2) is 11.5 Å². The molecule has 1 aromatic carbocycles. The Bertz CT molecular complexity index is 883. The van der Waals surface area contributed by atoms with Crippen molar-refractivity contribution in [1.29, 1.82) is 0 Å². The van der Waals surface area contributed by atoms with Gasteiger partial charge in [-0.1, -0.05) is 18.2 Å². The minimum Gasteiger partial charge on any atom is -0.493 e. The number of aryl methyl sites for hydroxylation is 1. The van der Waals surface area contributed by atoms with Gasteiger partial charge in [-0.3, -0.25) is 4.90 Å². The lowest BCUT2D eigenvalue weighted by Crippen LogP contribution is -2.49. The molecule has 1 aromatic rings. The summed E-state index contributed by atoms with van der Waals surface area (Å²) in [5.41, 5.74) is 1.97. The molecule has 1 amide bonds. The van der Waals surface area contributed by atoms with Crippen LogP contribution in [0.15, 0.2) is 35.9 Å². The van der Waals surface area contributed by atoms with Gasteiger partial charge in [0.25, 0.3) is 0 Å². The van der Waals surface area contributed by atoms with Crippen LogP contribution in [0.5, 0.6) is 17.2 Å². The molecule has 1 unspecified atom stereocenters. The number of carbonyl (C=O) groups excluding carboxylic acids is 2. The summed E-state index contributed by atoms with van der Waals surface area (Å²) in [7, 11) is 4.72. The number of esters is 1. The van der Waals surface area contributed by atoms with Gasteiger partial charge in [-0.05, 0) is 68.2 Å². The Kier molecular flexibility index (Phi) is 9.67. The lowest BCUT2D eigenvalue weighted by atomic mass is 10.0. The van der Waals surface area contributed by atoms with E-state index in [0.29, 0.717) is 43.1 Å². The Balaban J connectivity index is 1.49.